The van der Waals surface area contributed by atoms with Gasteiger partial charge in [-0.05, 0) is 58.2 Å². The summed E-state index contributed by atoms with van der Waals surface area (Å²) in [5.74, 6) is 2.17. The van der Waals surface area contributed by atoms with Crippen LogP contribution in [0.1, 0.15) is 54.1 Å². The molecule has 0 saturated carbocycles. The summed E-state index contributed by atoms with van der Waals surface area (Å²) in [7, 11) is 0. The molecule has 3 heterocycles. The first-order chi connectivity index (χ1) is 13.5. The van der Waals surface area contributed by atoms with Gasteiger partial charge in [0.15, 0.2) is 0 Å². The maximum atomic E-state index is 12.8. The molecule has 152 valence electrons. The second-order valence-corrected chi connectivity index (χ2v) is 8.71. The van der Waals surface area contributed by atoms with E-state index in [0.717, 1.165) is 41.1 Å². The molecule has 7 heteroatoms. The minimum atomic E-state index is -0.0636. The first-order valence-electron chi connectivity index (χ1n) is 9.97. The molecule has 1 amide bonds. The van der Waals surface area contributed by atoms with Crippen molar-refractivity contribution >= 4 is 17.7 Å². The van der Waals surface area contributed by atoms with E-state index in [9.17, 15) is 4.79 Å². The summed E-state index contributed by atoms with van der Waals surface area (Å²) >= 11 is 1.54. The minimum Gasteiger partial charge on any atom is -0.361 e. The van der Waals surface area contributed by atoms with Crippen LogP contribution in [0.5, 0.6) is 0 Å². The van der Waals surface area contributed by atoms with Gasteiger partial charge in [-0.2, -0.15) is 0 Å². The van der Waals surface area contributed by atoms with Crippen LogP contribution >= 0.6 is 11.8 Å². The van der Waals surface area contributed by atoms with Gasteiger partial charge in [-0.15, -0.1) is 11.8 Å². The number of nitrogens with one attached hydrogen (secondary N) is 1. The van der Waals surface area contributed by atoms with Gasteiger partial charge in [-0.25, -0.2) is 4.98 Å². The Bertz CT molecular complexity index is 788. The van der Waals surface area contributed by atoms with Crippen LogP contribution in [0.15, 0.2) is 27.9 Å². The number of pyridine rings is 1. The van der Waals surface area contributed by atoms with Gasteiger partial charge in [-0.1, -0.05) is 12.1 Å². The number of thioether (sulfide) groups is 1. The van der Waals surface area contributed by atoms with Gasteiger partial charge in [-0.3, -0.25) is 9.69 Å². The van der Waals surface area contributed by atoms with E-state index in [-0.39, 0.29) is 5.91 Å². The summed E-state index contributed by atoms with van der Waals surface area (Å²) < 4.78 is 5.22. The van der Waals surface area contributed by atoms with Crippen molar-refractivity contribution in [3.63, 3.8) is 0 Å². The van der Waals surface area contributed by atoms with Crippen molar-refractivity contribution in [1.82, 2.24) is 20.4 Å². The highest BCUT2D eigenvalue weighted by atomic mass is 32.2. The summed E-state index contributed by atoms with van der Waals surface area (Å²) in [6.07, 6.45) is 4.27. The zero-order valence-electron chi connectivity index (χ0n) is 17.2. The van der Waals surface area contributed by atoms with E-state index in [4.69, 9.17) is 4.52 Å². The van der Waals surface area contributed by atoms with Crippen LogP contribution in [0.2, 0.25) is 0 Å². The third kappa shape index (κ3) is 5.14. The highest BCUT2D eigenvalue weighted by molar-refractivity contribution is 7.98. The quantitative estimate of drug-likeness (QED) is 0.710. The van der Waals surface area contributed by atoms with Crippen molar-refractivity contribution in [3.05, 3.63) is 40.9 Å². The van der Waals surface area contributed by atoms with Crippen molar-refractivity contribution in [2.45, 2.75) is 57.4 Å². The summed E-state index contributed by atoms with van der Waals surface area (Å²) in [5.41, 5.74) is 2.57. The van der Waals surface area contributed by atoms with Gasteiger partial charge in [0, 0.05) is 36.6 Å². The second-order valence-electron chi connectivity index (χ2n) is 7.75. The number of aryl methyl sites for hydroxylation is 2. The number of aromatic nitrogens is 2. The minimum absolute atomic E-state index is 0.0636. The molecule has 2 unspecified atom stereocenters. The molecule has 3 rings (SSSR count). The number of amides is 1. The molecule has 28 heavy (non-hydrogen) atoms. The SMILES string of the molecule is Cc1noc(C)c1CSc1ncccc1C(=O)NCC(C)N1CCCC(C)C1. The van der Waals surface area contributed by atoms with Crippen LogP contribution in [0.3, 0.4) is 0 Å². The van der Waals surface area contributed by atoms with E-state index in [0.29, 0.717) is 23.9 Å². The molecular formula is C21H30N4O2S. The summed E-state index contributed by atoms with van der Waals surface area (Å²) in [6.45, 7) is 11.2. The molecule has 1 fully saturated rings. The molecule has 0 aliphatic carbocycles. The maximum absolute atomic E-state index is 12.8. The van der Waals surface area contributed by atoms with Crippen LogP contribution in [-0.2, 0) is 5.75 Å². The standard InChI is InChI=1S/C21H30N4O2S/c1-14-7-6-10-25(12-14)15(2)11-23-20(26)18-8-5-9-22-21(18)28-13-19-16(3)24-27-17(19)4/h5,8-9,14-15H,6-7,10-13H2,1-4H3,(H,23,26). The van der Waals surface area contributed by atoms with Gasteiger partial charge in [0.2, 0.25) is 0 Å². The number of carbonyl (C=O) groups is 1. The Hall–Kier alpha value is -1.86. The van der Waals surface area contributed by atoms with Crippen LogP contribution < -0.4 is 5.32 Å². The molecule has 0 bridgehead atoms. The number of rotatable bonds is 7. The first-order valence-corrected chi connectivity index (χ1v) is 11.0. The molecule has 6 nitrogen and oxygen atoms in total. The predicted octanol–water partition coefficient (Wildman–Crippen LogP) is 3.83. The van der Waals surface area contributed by atoms with Crippen molar-refractivity contribution in [2.75, 3.05) is 19.6 Å². The van der Waals surface area contributed by atoms with E-state index in [1.54, 1.807) is 18.0 Å². The number of hydrogen-bond donors (Lipinski definition) is 1. The van der Waals surface area contributed by atoms with Crippen LogP contribution in [0.4, 0.5) is 0 Å². The number of hydrogen-bond acceptors (Lipinski definition) is 6. The fraction of sp³-hybridized carbons (Fsp3) is 0.571. The zero-order valence-corrected chi connectivity index (χ0v) is 18.0. The third-order valence-corrected chi connectivity index (χ3v) is 6.45. The van der Waals surface area contributed by atoms with E-state index < -0.39 is 0 Å². The van der Waals surface area contributed by atoms with Crippen molar-refractivity contribution in [2.24, 2.45) is 5.92 Å². The van der Waals surface area contributed by atoms with E-state index in [1.807, 2.05) is 26.0 Å². The average Bonchev–Trinajstić information content (AvgIpc) is 3.02. The lowest BCUT2D eigenvalue weighted by Crippen LogP contribution is -2.46. The Morgan fingerprint density at radius 1 is 1.46 bits per heavy atom. The molecule has 0 radical (unpaired) electrons. The van der Waals surface area contributed by atoms with Gasteiger partial charge in [0.25, 0.3) is 5.91 Å². The fourth-order valence-electron chi connectivity index (χ4n) is 3.62. The largest absolute Gasteiger partial charge is 0.361 e. The predicted molar refractivity (Wildman–Crippen MR) is 112 cm³/mol. The molecule has 2 aromatic rings. The van der Waals surface area contributed by atoms with Crippen molar-refractivity contribution in [1.29, 1.82) is 0 Å². The first kappa shape index (κ1) is 20.9. The lowest BCUT2D eigenvalue weighted by molar-refractivity contribution is 0.0914. The molecule has 0 aromatic carbocycles. The van der Waals surface area contributed by atoms with Crippen molar-refractivity contribution in [3.8, 4) is 0 Å². The normalized spacial score (nSPS) is 18.8. The fourth-order valence-corrected chi connectivity index (χ4v) is 4.76. The van der Waals surface area contributed by atoms with Crippen molar-refractivity contribution < 1.29 is 9.32 Å². The Balaban J connectivity index is 1.59. The van der Waals surface area contributed by atoms with Gasteiger partial charge in [0.1, 0.15) is 10.8 Å². The number of carbonyl (C=O) groups excluding carboxylic acids is 1. The van der Waals surface area contributed by atoms with Crippen LogP contribution in [-0.4, -0.2) is 46.6 Å². The monoisotopic (exact) mass is 402 g/mol. The third-order valence-electron chi connectivity index (χ3n) is 5.42. The number of piperidine rings is 1. The Kier molecular flexibility index (Phi) is 7.13. The molecule has 2 aromatic heterocycles. The van der Waals surface area contributed by atoms with Gasteiger partial charge >= 0.3 is 0 Å². The van der Waals surface area contributed by atoms with E-state index in [1.165, 1.54) is 12.8 Å². The Morgan fingerprint density at radius 2 is 2.29 bits per heavy atom. The second kappa shape index (κ2) is 9.56. The highest BCUT2D eigenvalue weighted by Gasteiger charge is 2.22. The smallest absolute Gasteiger partial charge is 0.254 e. The van der Waals surface area contributed by atoms with E-state index >= 15 is 0 Å². The highest BCUT2D eigenvalue weighted by Crippen LogP contribution is 2.27. The summed E-state index contributed by atoms with van der Waals surface area (Å²) in [5, 5.41) is 7.83. The molecular weight excluding hydrogens is 372 g/mol. The van der Waals surface area contributed by atoms with E-state index in [2.05, 4.69) is 34.2 Å². The lowest BCUT2D eigenvalue weighted by atomic mass is 9.99. The molecule has 1 N–H and O–H groups in total. The topological polar surface area (TPSA) is 71.3 Å². The molecule has 1 saturated heterocycles. The average molecular weight is 403 g/mol. The van der Waals surface area contributed by atoms with Crippen LogP contribution in [0, 0.1) is 19.8 Å². The van der Waals surface area contributed by atoms with Crippen LogP contribution in [0.25, 0.3) is 0 Å². The summed E-state index contributed by atoms with van der Waals surface area (Å²) in [4.78, 5) is 19.7. The Morgan fingerprint density at radius 3 is 3.00 bits per heavy atom. The molecule has 0 spiro atoms. The lowest BCUT2D eigenvalue weighted by Gasteiger charge is -2.35. The molecule has 2 atom stereocenters. The number of nitrogens with zero attached hydrogens (tertiary/aromatic N) is 3. The maximum Gasteiger partial charge on any atom is 0.254 e. The summed E-state index contributed by atoms with van der Waals surface area (Å²) in [6, 6.07) is 3.98. The number of likely N-dealkylation sites (tertiary alicyclic amines) is 1. The zero-order chi connectivity index (χ0) is 20.1. The van der Waals surface area contributed by atoms with Gasteiger partial charge in [0.05, 0.1) is 11.3 Å². The Labute approximate surface area is 171 Å². The molecule has 1 aliphatic heterocycles. The molecule has 1 aliphatic rings. The van der Waals surface area contributed by atoms with Gasteiger partial charge < -0.3 is 9.84 Å².